The van der Waals surface area contributed by atoms with Gasteiger partial charge in [-0.1, -0.05) is 0 Å². The molecule has 5 nitrogen and oxygen atoms in total. The van der Waals surface area contributed by atoms with Gasteiger partial charge in [0.2, 0.25) is 0 Å². The minimum atomic E-state index is -4.98. The molecule has 0 radical (unpaired) electrons. The van der Waals surface area contributed by atoms with Crippen LogP contribution in [0, 0.1) is 6.92 Å². The number of nitrogens with zero attached hydrogens (tertiary/aromatic N) is 2. The van der Waals surface area contributed by atoms with Gasteiger partial charge in [-0.25, -0.2) is 9.78 Å². The van der Waals surface area contributed by atoms with E-state index in [1.54, 1.807) is 0 Å². The van der Waals surface area contributed by atoms with E-state index in [4.69, 9.17) is 5.11 Å². The Hall–Kier alpha value is -2.12. The Balaban J connectivity index is 2.49. The minimum absolute atomic E-state index is 0.0648. The zero-order chi connectivity index (χ0) is 15.1. The van der Waals surface area contributed by atoms with Gasteiger partial charge in [0.05, 0.1) is 11.3 Å². The molecule has 0 saturated carbocycles. The first-order valence-corrected chi connectivity index (χ1v) is 5.84. The number of amides is 1. The second kappa shape index (κ2) is 4.77. The third-order valence-corrected chi connectivity index (χ3v) is 3.07. The average molecular weight is 288 g/mol. The number of aromatic nitrogens is 1. The zero-order valence-corrected chi connectivity index (χ0v) is 10.5. The number of aryl methyl sites for hydroxylation is 2. The van der Waals surface area contributed by atoms with Crippen LogP contribution in [0.3, 0.4) is 0 Å². The molecule has 0 spiro atoms. The molecule has 108 valence electrons. The molecule has 0 fully saturated rings. The highest BCUT2D eigenvalue weighted by molar-refractivity contribution is 5.98. The average Bonchev–Trinajstić information content (AvgIpc) is 2.35. The number of alkyl halides is 3. The van der Waals surface area contributed by atoms with Gasteiger partial charge in [0.15, 0.2) is 0 Å². The van der Waals surface area contributed by atoms with Crippen LogP contribution in [0.1, 0.15) is 28.0 Å². The number of fused-ring (bicyclic) bond motifs is 1. The van der Waals surface area contributed by atoms with Gasteiger partial charge in [-0.05, 0) is 31.4 Å². The van der Waals surface area contributed by atoms with Gasteiger partial charge in [0, 0.05) is 6.54 Å². The van der Waals surface area contributed by atoms with Crippen molar-refractivity contribution in [3.8, 4) is 0 Å². The fourth-order valence-corrected chi connectivity index (χ4v) is 2.15. The minimum Gasteiger partial charge on any atom is -0.478 e. The van der Waals surface area contributed by atoms with Crippen molar-refractivity contribution < 1.29 is 27.9 Å². The molecule has 1 aromatic rings. The highest BCUT2D eigenvalue weighted by Gasteiger charge is 2.44. The fraction of sp³-hybridized carbons (Fsp3) is 0.417. The normalized spacial score (nSPS) is 14.9. The molecule has 0 saturated heterocycles. The maximum absolute atomic E-state index is 12.5. The van der Waals surface area contributed by atoms with Gasteiger partial charge in [-0.2, -0.15) is 13.2 Å². The summed E-state index contributed by atoms with van der Waals surface area (Å²) in [6.07, 6.45) is -4.25. The number of hydrogen-bond acceptors (Lipinski definition) is 3. The number of carboxylic acids is 1. The van der Waals surface area contributed by atoms with Crippen LogP contribution in [0.5, 0.6) is 0 Å². The van der Waals surface area contributed by atoms with E-state index in [2.05, 4.69) is 4.98 Å². The van der Waals surface area contributed by atoms with Crippen molar-refractivity contribution in [3.63, 3.8) is 0 Å². The van der Waals surface area contributed by atoms with Gasteiger partial charge in [0.1, 0.15) is 5.82 Å². The summed E-state index contributed by atoms with van der Waals surface area (Å²) in [6, 6.07) is 1.29. The molecule has 1 N–H and O–H groups in total. The Morgan fingerprint density at radius 3 is 2.60 bits per heavy atom. The summed E-state index contributed by atoms with van der Waals surface area (Å²) in [5.41, 5.74) is 0.361. The molecule has 0 unspecified atom stereocenters. The molecular weight excluding hydrogens is 277 g/mol. The van der Waals surface area contributed by atoms with Crippen LogP contribution in [-0.2, 0) is 11.2 Å². The van der Waals surface area contributed by atoms with Crippen LogP contribution in [0.25, 0.3) is 0 Å². The fourth-order valence-electron chi connectivity index (χ4n) is 2.15. The first-order chi connectivity index (χ1) is 9.21. The lowest BCUT2D eigenvalue weighted by atomic mass is 10.0. The van der Waals surface area contributed by atoms with Crippen molar-refractivity contribution in [2.24, 2.45) is 0 Å². The molecule has 20 heavy (non-hydrogen) atoms. The Kier molecular flexibility index (Phi) is 3.41. The Labute approximate surface area is 112 Å². The van der Waals surface area contributed by atoms with Gasteiger partial charge in [0.25, 0.3) is 0 Å². The van der Waals surface area contributed by atoms with Gasteiger partial charge in [-0.3, -0.25) is 9.69 Å². The van der Waals surface area contributed by atoms with Crippen LogP contribution in [0.2, 0.25) is 0 Å². The number of carbonyl (C=O) groups excluding carboxylic acids is 1. The Morgan fingerprint density at radius 1 is 1.40 bits per heavy atom. The van der Waals surface area contributed by atoms with E-state index in [9.17, 15) is 22.8 Å². The first-order valence-electron chi connectivity index (χ1n) is 5.84. The molecule has 2 rings (SSSR count). The molecule has 8 heteroatoms. The quantitative estimate of drug-likeness (QED) is 0.857. The van der Waals surface area contributed by atoms with Gasteiger partial charge < -0.3 is 5.11 Å². The molecule has 1 aliphatic heterocycles. The van der Waals surface area contributed by atoms with Crippen molar-refractivity contribution in [3.05, 3.63) is 22.9 Å². The summed E-state index contributed by atoms with van der Waals surface area (Å²) in [6.45, 7) is 1.30. The number of halogens is 3. The monoisotopic (exact) mass is 288 g/mol. The third kappa shape index (κ3) is 2.45. The second-order valence-electron chi connectivity index (χ2n) is 4.47. The molecule has 2 heterocycles. The number of aromatic carboxylic acids is 1. The predicted molar refractivity (Wildman–Crippen MR) is 62.7 cm³/mol. The van der Waals surface area contributed by atoms with E-state index in [0.717, 1.165) is 0 Å². The van der Waals surface area contributed by atoms with Crippen LogP contribution in [0.4, 0.5) is 19.0 Å². The maximum atomic E-state index is 12.5. The number of hydrogen-bond donors (Lipinski definition) is 1. The standard InChI is InChI=1S/C12H11F3N2O3/c1-6-8(10(18)19)5-7-3-2-4-17(9(7)16-6)11(20)12(13,14)15/h5H,2-4H2,1H3,(H,18,19). The highest BCUT2D eigenvalue weighted by atomic mass is 19.4. The second-order valence-corrected chi connectivity index (χ2v) is 4.47. The number of carboxylic acid groups (broad SMARTS) is 1. The van der Waals surface area contributed by atoms with E-state index in [0.29, 0.717) is 23.3 Å². The number of carbonyl (C=O) groups is 2. The maximum Gasteiger partial charge on any atom is 0.471 e. The molecule has 0 aliphatic carbocycles. The van der Waals surface area contributed by atoms with Crippen LogP contribution >= 0.6 is 0 Å². The van der Waals surface area contributed by atoms with E-state index in [-0.39, 0.29) is 23.6 Å². The Bertz CT molecular complexity index is 584. The lowest BCUT2D eigenvalue weighted by Gasteiger charge is -2.29. The third-order valence-electron chi connectivity index (χ3n) is 3.07. The molecule has 1 aliphatic rings. The molecule has 0 atom stereocenters. The van der Waals surface area contributed by atoms with Crippen molar-refractivity contribution >= 4 is 17.7 Å². The molecule has 1 amide bonds. The molecule has 1 aromatic heterocycles. The summed E-state index contributed by atoms with van der Waals surface area (Å²) in [4.78, 5) is 26.8. The van der Waals surface area contributed by atoms with Gasteiger partial charge >= 0.3 is 18.1 Å². The van der Waals surface area contributed by atoms with Crippen molar-refractivity contribution in [2.45, 2.75) is 25.9 Å². The highest BCUT2D eigenvalue weighted by Crippen LogP contribution is 2.30. The largest absolute Gasteiger partial charge is 0.478 e. The number of anilines is 1. The summed E-state index contributed by atoms with van der Waals surface area (Å²) >= 11 is 0. The van der Waals surface area contributed by atoms with Crippen LogP contribution in [-0.4, -0.2) is 34.7 Å². The SMILES string of the molecule is Cc1nc2c(cc1C(=O)O)CCCN2C(=O)C(F)(F)F. The zero-order valence-electron chi connectivity index (χ0n) is 10.5. The predicted octanol–water partition coefficient (Wildman–Crippen LogP) is 1.93. The van der Waals surface area contributed by atoms with E-state index in [1.807, 2.05) is 0 Å². The summed E-state index contributed by atoms with van der Waals surface area (Å²) in [5, 5.41) is 8.97. The van der Waals surface area contributed by atoms with Crippen LogP contribution < -0.4 is 4.90 Å². The van der Waals surface area contributed by atoms with Crippen molar-refractivity contribution in [1.29, 1.82) is 0 Å². The number of rotatable bonds is 1. The summed E-state index contributed by atoms with van der Waals surface area (Å²) in [5.74, 6) is -3.27. The summed E-state index contributed by atoms with van der Waals surface area (Å²) < 4.78 is 37.6. The van der Waals surface area contributed by atoms with Crippen LogP contribution in [0.15, 0.2) is 6.07 Å². The molecule has 0 aromatic carbocycles. The topological polar surface area (TPSA) is 70.5 Å². The van der Waals surface area contributed by atoms with E-state index >= 15 is 0 Å². The number of pyridine rings is 1. The summed E-state index contributed by atoms with van der Waals surface area (Å²) in [7, 11) is 0. The smallest absolute Gasteiger partial charge is 0.471 e. The van der Waals surface area contributed by atoms with Gasteiger partial charge in [-0.15, -0.1) is 0 Å². The lowest BCUT2D eigenvalue weighted by Crippen LogP contribution is -2.44. The first kappa shape index (κ1) is 14.3. The van der Waals surface area contributed by atoms with Crippen molar-refractivity contribution in [1.82, 2.24) is 4.98 Å². The van der Waals surface area contributed by atoms with Crippen molar-refractivity contribution in [2.75, 3.05) is 11.4 Å². The Morgan fingerprint density at radius 2 is 2.05 bits per heavy atom. The molecule has 0 bridgehead atoms. The van der Waals surface area contributed by atoms with E-state index in [1.165, 1.54) is 13.0 Å². The lowest BCUT2D eigenvalue weighted by molar-refractivity contribution is -0.170. The van der Waals surface area contributed by atoms with E-state index < -0.39 is 18.1 Å². The molecular formula is C12H11F3N2O3.